The lowest BCUT2D eigenvalue weighted by Gasteiger charge is -2.34. The van der Waals surface area contributed by atoms with E-state index in [1.807, 2.05) is 0 Å². The van der Waals surface area contributed by atoms with E-state index in [1.165, 1.54) is 44.5 Å². The molecule has 0 bridgehead atoms. The highest BCUT2D eigenvalue weighted by atomic mass is 16.3. The number of nitrogens with zero attached hydrogens (tertiary/aromatic N) is 1. The fourth-order valence-electron chi connectivity index (χ4n) is 9.28. The summed E-state index contributed by atoms with van der Waals surface area (Å²) < 4.78 is 6.83. The molecule has 0 atom stereocenters. The van der Waals surface area contributed by atoms with Gasteiger partial charge < -0.3 is 9.32 Å². The summed E-state index contributed by atoms with van der Waals surface area (Å²) in [5.41, 5.74) is 16.8. The van der Waals surface area contributed by atoms with E-state index < -0.39 is 5.41 Å². The highest BCUT2D eigenvalue weighted by Gasteiger charge is 2.47. The van der Waals surface area contributed by atoms with Crippen molar-refractivity contribution in [2.75, 3.05) is 4.90 Å². The van der Waals surface area contributed by atoms with E-state index in [2.05, 4.69) is 229 Å². The van der Waals surface area contributed by atoms with Crippen molar-refractivity contribution in [1.82, 2.24) is 0 Å². The Morgan fingerprint density at radius 1 is 0.333 bits per heavy atom. The molecular formula is C55H37NO. The number of fused-ring (bicyclic) bond motifs is 6. The standard InChI is InChI=1S/C55H37NO/c1-4-16-38(17-5-1)39-30-33-44(34-31-39)56(43-21-8-3-9-22-43)45-23-14-18-40(36-45)41-32-35-48-53(37-41)57-52-29-15-28-51(54(48)52)55(42-19-6-2-7-20-42)49-26-12-10-24-46(49)47-25-11-13-27-50(47)55/h1-37H. The van der Waals surface area contributed by atoms with Gasteiger partial charge in [0.05, 0.1) is 5.41 Å². The first-order valence-electron chi connectivity index (χ1n) is 19.6. The van der Waals surface area contributed by atoms with Gasteiger partial charge in [0.25, 0.3) is 0 Å². The van der Waals surface area contributed by atoms with Crippen LogP contribution in [0.5, 0.6) is 0 Å². The molecule has 11 rings (SSSR count). The SMILES string of the molecule is c1ccc(-c2ccc(N(c3ccccc3)c3cccc(-c4ccc5c(c4)oc4cccc(C6(c7ccccc7)c7ccccc7-c7ccccc76)c45)c3)cc2)cc1. The topological polar surface area (TPSA) is 16.4 Å². The molecule has 9 aromatic carbocycles. The van der Waals surface area contributed by atoms with Gasteiger partial charge in [-0.25, -0.2) is 0 Å². The van der Waals surface area contributed by atoms with Crippen LogP contribution in [0, 0.1) is 0 Å². The number of para-hydroxylation sites is 1. The van der Waals surface area contributed by atoms with Gasteiger partial charge >= 0.3 is 0 Å². The molecular weight excluding hydrogens is 691 g/mol. The lowest BCUT2D eigenvalue weighted by Crippen LogP contribution is -2.28. The number of rotatable bonds is 7. The van der Waals surface area contributed by atoms with E-state index in [-0.39, 0.29) is 0 Å². The molecule has 2 heteroatoms. The van der Waals surface area contributed by atoms with Crippen LogP contribution in [0.1, 0.15) is 22.3 Å². The van der Waals surface area contributed by atoms with Crippen molar-refractivity contribution in [3.63, 3.8) is 0 Å². The molecule has 1 aromatic heterocycles. The van der Waals surface area contributed by atoms with Gasteiger partial charge in [-0.2, -0.15) is 0 Å². The van der Waals surface area contributed by atoms with Gasteiger partial charge in [-0.15, -0.1) is 0 Å². The van der Waals surface area contributed by atoms with Gasteiger partial charge in [-0.05, 0) is 110 Å². The van der Waals surface area contributed by atoms with Crippen LogP contribution < -0.4 is 4.90 Å². The molecule has 268 valence electrons. The molecule has 1 aliphatic carbocycles. The minimum atomic E-state index is -0.516. The highest BCUT2D eigenvalue weighted by Crippen LogP contribution is 2.58. The highest BCUT2D eigenvalue weighted by molar-refractivity contribution is 6.09. The van der Waals surface area contributed by atoms with Gasteiger partial charge in [0.2, 0.25) is 0 Å². The second-order valence-electron chi connectivity index (χ2n) is 14.8. The van der Waals surface area contributed by atoms with Crippen molar-refractivity contribution in [2.24, 2.45) is 0 Å². The van der Waals surface area contributed by atoms with E-state index in [0.717, 1.165) is 50.1 Å². The monoisotopic (exact) mass is 727 g/mol. The fraction of sp³-hybridized carbons (Fsp3) is 0.0182. The van der Waals surface area contributed by atoms with E-state index in [1.54, 1.807) is 0 Å². The molecule has 0 saturated heterocycles. The summed E-state index contributed by atoms with van der Waals surface area (Å²) in [4.78, 5) is 2.32. The molecule has 0 fully saturated rings. The Bertz CT molecular complexity index is 3010. The zero-order valence-corrected chi connectivity index (χ0v) is 31.2. The molecule has 57 heavy (non-hydrogen) atoms. The van der Waals surface area contributed by atoms with Crippen LogP contribution in [0.3, 0.4) is 0 Å². The van der Waals surface area contributed by atoms with E-state index in [4.69, 9.17) is 4.42 Å². The Kier molecular flexibility index (Phi) is 7.75. The van der Waals surface area contributed by atoms with E-state index in [0.29, 0.717) is 0 Å². The predicted octanol–water partition coefficient (Wildman–Crippen LogP) is 14.8. The van der Waals surface area contributed by atoms with Crippen LogP contribution >= 0.6 is 0 Å². The first-order valence-corrected chi connectivity index (χ1v) is 19.6. The molecule has 1 aliphatic rings. The summed E-state index contributed by atoms with van der Waals surface area (Å²) in [5, 5.41) is 2.26. The summed E-state index contributed by atoms with van der Waals surface area (Å²) in [6.45, 7) is 0. The molecule has 2 nitrogen and oxygen atoms in total. The summed E-state index contributed by atoms with van der Waals surface area (Å²) in [5.74, 6) is 0. The largest absolute Gasteiger partial charge is 0.456 e. The van der Waals surface area contributed by atoms with Gasteiger partial charge in [0, 0.05) is 27.8 Å². The number of hydrogen-bond acceptors (Lipinski definition) is 2. The van der Waals surface area contributed by atoms with Crippen molar-refractivity contribution >= 4 is 39.0 Å². The summed E-state index contributed by atoms with van der Waals surface area (Å²) in [7, 11) is 0. The number of benzene rings is 9. The van der Waals surface area contributed by atoms with Crippen LogP contribution in [-0.4, -0.2) is 0 Å². The second-order valence-corrected chi connectivity index (χ2v) is 14.8. The van der Waals surface area contributed by atoms with E-state index >= 15 is 0 Å². The van der Waals surface area contributed by atoms with Crippen molar-refractivity contribution < 1.29 is 4.42 Å². The van der Waals surface area contributed by atoms with Gasteiger partial charge in [-0.1, -0.05) is 170 Å². The first kappa shape index (κ1) is 33.0. The van der Waals surface area contributed by atoms with Gasteiger partial charge in [0.15, 0.2) is 0 Å². The Balaban J connectivity index is 1.05. The van der Waals surface area contributed by atoms with E-state index in [9.17, 15) is 0 Å². The maximum Gasteiger partial charge on any atom is 0.136 e. The van der Waals surface area contributed by atoms with Crippen molar-refractivity contribution in [3.05, 3.63) is 247 Å². The summed E-state index contributed by atoms with van der Waals surface area (Å²) in [6, 6.07) is 80.9. The molecule has 0 saturated carbocycles. The molecule has 0 radical (unpaired) electrons. The average Bonchev–Trinajstić information content (AvgIpc) is 3.82. The third kappa shape index (κ3) is 5.26. The maximum atomic E-state index is 6.83. The number of hydrogen-bond donors (Lipinski definition) is 0. The zero-order chi connectivity index (χ0) is 37.8. The number of furan rings is 1. The van der Waals surface area contributed by atoms with Crippen molar-refractivity contribution in [3.8, 4) is 33.4 Å². The molecule has 0 N–H and O–H groups in total. The van der Waals surface area contributed by atoms with Gasteiger partial charge in [0.1, 0.15) is 11.2 Å². The second kappa shape index (κ2) is 13.4. The van der Waals surface area contributed by atoms with Crippen LogP contribution in [0.2, 0.25) is 0 Å². The minimum Gasteiger partial charge on any atom is -0.456 e. The third-order valence-corrected chi connectivity index (χ3v) is 11.7. The maximum absolute atomic E-state index is 6.83. The van der Waals surface area contributed by atoms with Crippen LogP contribution in [-0.2, 0) is 5.41 Å². The van der Waals surface area contributed by atoms with Crippen molar-refractivity contribution in [2.45, 2.75) is 5.41 Å². The van der Waals surface area contributed by atoms with Crippen LogP contribution in [0.4, 0.5) is 17.1 Å². The Hall–Kier alpha value is -7.42. The molecule has 0 unspecified atom stereocenters. The third-order valence-electron chi connectivity index (χ3n) is 11.7. The lowest BCUT2D eigenvalue weighted by molar-refractivity contribution is 0.668. The average molecular weight is 728 g/mol. The Morgan fingerprint density at radius 2 is 0.842 bits per heavy atom. The quantitative estimate of drug-likeness (QED) is 0.163. The summed E-state index contributed by atoms with van der Waals surface area (Å²) >= 11 is 0. The first-order chi connectivity index (χ1) is 28.3. The lowest BCUT2D eigenvalue weighted by atomic mass is 9.66. The minimum absolute atomic E-state index is 0.516. The fourth-order valence-corrected chi connectivity index (χ4v) is 9.28. The molecule has 1 heterocycles. The smallest absolute Gasteiger partial charge is 0.136 e. The summed E-state index contributed by atoms with van der Waals surface area (Å²) in [6.07, 6.45) is 0. The molecule has 0 aliphatic heterocycles. The normalized spacial score (nSPS) is 12.7. The molecule has 0 amide bonds. The molecule has 10 aromatic rings. The predicted molar refractivity (Wildman–Crippen MR) is 237 cm³/mol. The number of anilines is 3. The Morgan fingerprint density at radius 3 is 1.56 bits per heavy atom. The van der Waals surface area contributed by atoms with Crippen LogP contribution in [0.25, 0.3) is 55.3 Å². The molecule has 0 spiro atoms. The van der Waals surface area contributed by atoms with Crippen molar-refractivity contribution in [1.29, 1.82) is 0 Å². The Labute approximate surface area is 332 Å². The van der Waals surface area contributed by atoms with Gasteiger partial charge in [-0.3, -0.25) is 0 Å². The zero-order valence-electron chi connectivity index (χ0n) is 31.2. The van der Waals surface area contributed by atoms with Crippen LogP contribution in [0.15, 0.2) is 229 Å².